The summed E-state index contributed by atoms with van der Waals surface area (Å²) in [6, 6.07) is 9.94. The lowest BCUT2D eigenvalue weighted by Gasteiger charge is -2.14. The Balaban J connectivity index is 2.12. The van der Waals surface area contributed by atoms with Gasteiger partial charge in [0.25, 0.3) is 0 Å². The minimum absolute atomic E-state index is 0.369. The van der Waals surface area contributed by atoms with E-state index < -0.39 is 11.5 Å². The number of benzene rings is 1. The number of halogens is 1. The van der Waals surface area contributed by atoms with Crippen LogP contribution in [0.15, 0.2) is 24.3 Å². The Kier molecular flexibility index (Phi) is 3.23. The Labute approximate surface area is 110 Å². The third-order valence-corrected chi connectivity index (χ3v) is 3.26. The Bertz CT molecular complexity index is 549. The monoisotopic (exact) mass is 259 g/mol. The predicted octanol–water partition coefficient (Wildman–Crippen LogP) is 2.32. The van der Waals surface area contributed by atoms with E-state index in [2.05, 4.69) is 5.32 Å². The zero-order valence-electron chi connectivity index (χ0n) is 9.48. The largest absolute Gasteiger partial charge is 0.335 e. The first-order valence-electron chi connectivity index (χ1n) is 5.48. The maximum Gasteiger partial charge on any atom is 0.241 e. The summed E-state index contributed by atoms with van der Waals surface area (Å²) < 4.78 is 0. The average molecular weight is 260 g/mol. The lowest BCUT2D eigenvalue weighted by atomic mass is 10.0. The molecule has 4 nitrogen and oxygen atoms in total. The van der Waals surface area contributed by atoms with Crippen LogP contribution in [0.5, 0.6) is 0 Å². The normalized spacial score (nSPS) is 17.1. The molecule has 1 aliphatic rings. The van der Waals surface area contributed by atoms with Crippen LogP contribution in [-0.4, -0.2) is 5.91 Å². The van der Waals surface area contributed by atoms with Gasteiger partial charge in [0.15, 0.2) is 0 Å². The standard InChI is InChI=1S/C13H10ClN3O/c14-10-3-1-9(2-4-10)11(7-15)17-12(18)13(8-16)5-6-13/h1-4,11H,5-6H2,(H,17,18). The zero-order chi connectivity index (χ0) is 13.2. The highest BCUT2D eigenvalue weighted by molar-refractivity contribution is 6.30. The van der Waals surface area contributed by atoms with Crippen molar-refractivity contribution in [3.63, 3.8) is 0 Å². The number of rotatable bonds is 3. The first-order chi connectivity index (χ1) is 8.61. The summed E-state index contributed by atoms with van der Waals surface area (Å²) in [6.07, 6.45) is 1.13. The summed E-state index contributed by atoms with van der Waals surface area (Å²) >= 11 is 5.76. The van der Waals surface area contributed by atoms with Gasteiger partial charge in [0, 0.05) is 5.02 Å². The molecule has 0 aromatic heterocycles. The fourth-order valence-corrected chi connectivity index (χ4v) is 1.76. The molecule has 18 heavy (non-hydrogen) atoms. The average Bonchev–Trinajstić information content (AvgIpc) is 3.18. The summed E-state index contributed by atoms with van der Waals surface area (Å²) in [6.45, 7) is 0. The molecule has 0 radical (unpaired) electrons. The highest BCUT2D eigenvalue weighted by Crippen LogP contribution is 2.45. The van der Waals surface area contributed by atoms with Crippen molar-refractivity contribution in [3.05, 3.63) is 34.9 Å². The van der Waals surface area contributed by atoms with Crippen molar-refractivity contribution in [1.29, 1.82) is 10.5 Å². The fraction of sp³-hybridized carbons (Fsp3) is 0.308. The minimum atomic E-state index is -0.915. The van der Waals surface area contributed by atoms with Gasteiger partial charge in [-0.3, -0.25) is 4.79 Å². The first-order valence-corrected chi connectivity index (χ1v) is 5.86. The molecule has 1 aromatic rings. The van der Waals surface area contributed by atoms with Crippen LogP contribution in [0.4, 0.5) is 0 Å². The van der Waals surface area contributed by atoms with Crippen molar-refractivity contribution >= 4 is 17.5 Å². The van der Waals surface area contributed by atoms with E-state index in [1.807, 2.05) is 12.1 Å². The molecule has 90 valence electrons. The molecule has 0 aliphatic heterocycles. The molecule has 1 aliphatic carbocycles. The summed E-state index contributed by atoms with van der Waals surface area (Å²) in [7, 11) is 0. The maximum absolute atomic E-state index is 11.9. The van der Waals surface area contributed by atoms with Gasteiger partial charge in [-0.05, 0) is 30.5 Å². The number of carbonyl (C=O) groups is 1. The van der Waals surface area contributed by atoms with Crippen LogP contribution in [0.2, 0.25) is 5.02 Å². The molecular formula is C13H10ClN3O. The molecule has 0 bridgehead atoms. The molecule has 1 amide bonds. The van der Waals surface area contributed by atoms with Gasteiger partial charge in [-0.1, -0.05) is 23.7 Å². The smallest absolute Gasteiger partial charge is 0.241 e. The van der Waals surface area contributed by atoms with Gasteiger partial charge in [0.2, 0.25) is 5.91 Å². The second-order valence-corrected chi connectivity index (χ2v) is 4.72. The van der Waals surface area contributed by atoms with E-state index in [4.69, 9.17) is 22.1 Å². The topological polar surface area (TPSA) is 76.7 Å². The molecule has 1 unspecified atom stereocenters. The van der Waals surface area contributed by atoms with E-state index in [1.54, 1.807) is 24.3 Å². The van der Waals surface area contributed by atoms with Gasteiger partial charge in [-0.15, -0.1) is 0 Å². The molecule has 1 atom stereocenters. The summed E-state index contributed by atoms with van der Waals surface area (Å²) in [5, 5.41) is 21.1. The second kappa shape index (κ2) is 4.68. The molecule has 2 rings (SSSR count). The van der Waals surface area contributed by atoms with Crippen LogP contribution in [0, 0.1) is 28.1 Å². The fourth-order valence-electron chi connectivity index (χ4n) is 1.63. The highest BCUT2D eigenvalue weighted by atomic mass is 35.5. The first kappa shape index (κ1) is 12.4. The second-order valence-electron chi connectivity index (χ2n) is 4.28. The lowest BCUT2D eigenvalue weighted by molar-refractivity contribution is -0.124. The van der Waals surface area contributed by atoms with Gasteiger partial charge < -0.3 is 5.32 Å². The highest BCUT2D eigenvalue weighted by Gasteiger charge is 2.51. The lowest BCUT2D eigenvalue weighted by Crippen LogP contribution is -2.33. The molecule has 0 saturated heterocycles. The van der Waals surface area contributed by atoms with Crippen LogP contribution in [0.1, 0.15) is 24.4 Å². The Hall–Kier alpha value is -2.04. The van der Waals surface area contributed by atoms with Crippen LogP contribution in [0.25, 0.3) is 0 Å². The predicted molar refractivity (Wildman–Crippen MR) is 65.2 cm³/mol. The Morgan fingerprint density at radius 1 is 1.33 bits per heavy atom. The molecule has 1 fully saturated rings. The summed E-state index contributed by atoms with van der Waals surface area (Å²) in [5.41, 5.74) is -0.259. The molecule has 1 saturated carbocycles. The Morgan fingerprint density at radius 3 is 2.39 bits per heavy atom. The van der Waals surface area contributed by atoms with E-state index in [-0.39, 0.29) is 5.91 Å². The molecule has 1 aromatic carbocycles. The Morgan fingerprint density at radius 2 is 1.94 bits per heavy atom. The van der Waals surface area contributed by atoms with Crippen LogP contribution in [0.3, 0.4) is 0 Å². The van der Waals surface area contributed by atoms with Crippen LogP contribution in [-0.2, 0) is 4.79 Å². The van der Waals surface area contributed by atoms with E-state index >= 15 is 0 Å². The number of nitriles is 2. The van der Waals surface area contributed by atoms with E-state index in [0.717, 1.165) is 0 Å². The molecule has 5 heteroatoms. The third-order valence-electron chi connectivity index (χ3n) is 3.01. The van der Waals surface area contributed by atoms with Gasteiger partial charge >= 0.3 is 0 Å². The van der Waals surface area contributed by atoms with Crippen molar-refractivity contribution < 1.29 is 4.79 Å². The van der Waals surface area contributed by atoms with Crippen LogP contribution < -0.4 is 5.32 Å². The van der Waals surface area contributed by atoms with Crippen LogP contribution >= 0.6 is 11.6 Å². The number of hydrogen-bond acceptors (Lipinski definition) is 3. The summed E-state index contributed by atoms with van der Waals surface area (Å²) in [4.78, 5) is 11.9. The molecular weight excluding hydrogens is 250 g/mol. The zero-order valence-corrected chi connectivity index (χ0v) is 10.2. The van der Waals surface area contributed by atoms with E-state index in [1.165, 1.54) is 0 Å². The van der Waals surface area contributed by atoms with Gasteiger partial charge in [0.1, 0.15) is 11.5 Å². The molecule has 1 N–H and O–H groups in total. The molecule has 0 heterocycles. The number of hydrogen-bond donors (Lipinski definition) is 1. The summed E-state index contributed by atoms with van der Waals surface area (Å²) in [5.74, 6) is -0.369. The van der Waals surface area contributed by atoms with E-state index in [0.29, 0.717) is 23.4 Å². The quantitative estimate of drug-likeness (QED) is 0.905. The third kappa shape index (κ3) is 2.30. The number of nitrogens with zero attached hydrogens (tertiary/aromatic N) is 2. The number of carbonyl (C=O) groups excluding carboxylic acids is 1. The van der Waals surface area contributed by atoms with Gasteiger partial charge in [-0.2, -0.15) is 10.5 Å². The molecule has 0 spiro atoms. The van der Waals surface area contributed by atoms with Crippen molar-refractivity contribution in [3.8, 4) is 12.1 Å². The van der Waals surface area contributed by atoms with E-state index in [9.17, 15) is 4.79 Å². The van der Waals surface area contributed by atoms with Crippen molar-refractivity contribution in [2.24, 2.45) is 5.41 Å². The SMILES string of the molecule is N#CC(NC(=O)C1(C#N)CC1)c1ccc(Cl)cc1. The van der Waals surface area contributed by atoms with Crippen molar-refractivity contribution in [1.82, 2.24) is 5.32 Å². The minimum Gasteiger partial charge on any atom is -0.335 e. The maximum atomic E-state index is 11.9. The van der Waals surface area contributed by atoms with Crippen molar-refractivity contribution in [2.75, 3.05) is 0 Å². The van der Waals surface area contributed by atoms with Gasteiger partial charge in [-0.25, -0.2) is 0 Å². The number of nitrogens with one attached hydrogen (secondary N) is 1. The number of amides is 1. The van der Waals surface area contributed by atoms with Gasteiger partial charge in [0.05, 0.1) is 12.1 Å². The van der Waals surface area contributed by atoms with Crippen molar-refractivity contribution in [2.45, 2.75) is 18.9 Å².